The fourth-order valence-electron chi connectivity index (χ4n) is 3.18. The summed E-state index contributed by atoms with van der Waals surface area (Å²) in [6.45, 7) is 0.919. The molecule has 1 aromatic heterocycles. The third-order valence-corrected chi connectivity index (χ3v) is 4.77. The molecule has 104 valence electrons. The van der Waals surface area contributed by atoms with Crippen LogP contribution in [0, 0.1) is 0 Å². The van der Waals surface area contributed by atoms with E-state index >= 15 is 0 Å². The Morgan fingerprint density at radius 3 is 2.65 bits per heavy atom. The van der Waals surface area contributed by atoms with Gasteiger partial charge in [0.25, 0.3) is 0 Å². The van der Waals surface area contributed by atoms with Gasteiger partial charge in [0.2, 0.25) is 0 Å². The maximum atomic E-state index is 4.69. The molecule has 3 heteroatoms. The number of benzene rings is 1. The molecule has 2 fully saturated rings. The largest absolute Gasteiger partial charge is 0.344 e. The second kappa shape index (κ2) is 4.74. The quantitative estimate of drug-likeness (QED) is 0.874. The maximum absolute atomic E-state index is 4.69. The molecular weight excluding hydrogens is 246 g/mol. The Labute approximate surface area is 119 Å². The van der Waals surface area contributed by atoms with Gasteiger partial charge in [0.1, 0.15) is 5.82 Å². The molecule has 0 bridgehead atoms. The molecule has 0 saturated heterocycles. The zero-order chi connectivity index (χ0) is 13.4. The first-order valence-corrected chi connectivity index (χ1v) is 7.70. The standard InChI is InChI=1S/C17H21N3/c1-2-5-13(6-3-1)17(9-4-10-17)16-19-12-15(20-16)11-18-14-7-8-14/h1-3,5-6,12,14,18H,4,7-11H2,(H,19,20). The number of aromatic nitrogens is 2. The van der Waals surface area contributed by atoms with Crippen molar-refractivity contribution in [1.29, 1.82) is 0 Å². The van der Waals surface area contributed by atoms with Crippen molar-refractivity contribution in [3.8, 4) is 0 Å². The Kier molecular flexibility index (Phi) is 2.88. The Balaban J connectivity index is 1.58. The Bertz CT molecular complexity index is 579. The van der Waals surface area contributed by atoms with Gasteiger partial charge in [0, 0.05) is 24.5 Å². The first-order valence-electron chi connectivity index (χ1n) is 7.70. The molecule has 0 spiro atoms. The summed E-state index contributed by atoms with van der Waals surface area (Å²) in [4.78, 5) is 8.25. The van der Waals surface area contributed by atoms with Crippen LogP contribution in [0.15, 0.2) is 36.5 Å². The molecule has 2 aliphatic rings. The van der Waals surface area contributed by atoms with Crippen LogP contribution in [-0.4, -0.2) is 16.0 Å². The van der Waals surface area contributed by atoms with Crippen LogP contribution in [0.3, 0.4) is 0 Å². The number of nitrogens with zero attached hydrogens (tertiary/aromatic N) is 1. The van der Waals surface area contributed by atoms with E-state index in [2.05, 4.69) is 45.6 Å². The summed E-state index contributed by atoms with van der Waals surface area (Å²) < 4.78 is 0. The minimum absolute atomic E-state index is 0.138. The van der Waals surface area contributed by atoms with Crippen LogP contribution in [0.1, 0.15) is 49.2 Å². The lowest BCUT2D eigenvalue weighted by molar-refractivity contribution is 0.286. The molecule has 0 unspecified atom stereocenters. The smallest absolute Gasteiger partial charge is 0.116 e. The van der Waals surface area contributed by atoms with Crippen LogP contribution >= 0.6 is 0 Å². The molecule has 0 amide bonds. The highest BCUT2D eigenvalue weighted by Crippen LogP contribution is 2.47. The third kappa shape index (κ3) is 2.06. The predicted molar refractivity (Wildman–Crippen MR) is 79.5 cm³/mol. The first-order chi connectivity index (χ1) is 9.87. The third-order valence-electron chi connectivity index (χ3n) is 4.77. The Hall–Kier alpha value is -1.61. The molecule has 0 atom stereocenters. The topological polar surface area (TPSA) is 40.7 Å². The lowest BCUT2D eigenvalue weighted by Crippen LogP contribution is -2.36. The second-order valence-electron chi connectivity index (χ2n) is 6.21. The van der Waals surface area contributed by atoms with Crippen molar-refractivity contribution >= 4 is 0 Å². The van der Waals surface area contributed by atoms with Crippen molar-refractivity contribution in [1.82, 2.24) is 15.3 Å². The van der Waals surface area contributed by atoms with Crippen molar-refractivity contribution in [2.45, 2.75) is 50.1 Å². The highest BCUT2D eigenvalue weighted by Gasteiger charge is 2.42. The molecule has 0 aliphatic heterocycles. The van der Waals surface area contributed by atoms with Crippen molar-refractivity contribution in [3.63, 3.8) is 0 Å². The fourth-order valence-corrected chi connectivity index (χ4v) is 3.18. The zero-order valence-corrected chi connectivity index (χ0v) is 11.7. The lowest BCUT2D eigenvalue weighted by atomic mass is 9.64. The summed E-state index contributed by atoms with van der Waals surface area (Å²) in [6, 6.07) is 11.6. The van der Waals surface area contributed by atoms with E-state index in [1.54, 1.807) is 0 Å². The minimum atomic E-state index is 0.138. The molecule has 3 nitrogen and oxygen atoms in total. The number of hydrogen-bond donors (Lipinski definition) is 2. The second-order valence-corrected chi connectivity index (χ2v) is 6.21. The summed E-state index contributed by atoms with van der Waals surface area (Å²) in [6.07, 6.45) is 8.38. The van der Waals surface area contributed by atoms with Gasteiger partial charge in [-0.1, -0.05) is 36.8 Å². The van der Waals surface area contributed by atoms with E-state index in [1.165, 1.54) is 43.4 Å². The van der Waals surface area contributed by atoms with Gasteiger partial charge in [-0.2, -0.15) is 0 Å². The SMILES string of the molecule is c1ccc(C2(c3ncc(CNC4CC4)[nH]3)CCC2)cc1. The van der Waals surface area contributed by atoms with Gasteiger partial charge in [-0.15, -0.1) is 0 Å². The van der Waals surface area contributed by atoms with Gasteiger partial charge in [-0.3, -0.25) is 0 Å². The van der Waals surface area contributed by atoms with Gasteiger partial charge >= 0.3 is 0 Å². The van der Waals surface area contributed by atoms with Gasteiger partial charge in [0.05, 0.1) is 5.41 Å². The van der Waals surface area contributed by atoms with Crippen LogP contribution in [-0.2, 0) is 12.0 Å². The molecule has 1 heterocycles. The number of H-pyrrole nitrogens is 1. The fraction of sp³-hybridized carbons (Fsp3) is 0.471. The Morgan fingerprint density at radius 1 is 1.20 bits per heavy atom. The summed E-state index contributed by atoms with van der Waals surface area (Å²) in [5, 5.41) is 3.54. The van der Waals surface area contributed by atoms with Gasteiger partial charge in [-0.05, 0) is 31.2 Å². The summed E-state index contributed by atoms with van der Waals surface area (Å²) in [7, 11) is 0. The number of imidazole rings is 1. The number of hydrogen-bond acceptors (Lipinski definition) is 2. The van der Waals surface area contributed by atoms with Crippen LogP contribution in [0.5, 0.6) is 0 Å². The molecule has 1 aromatic carbocycles. The van der Waals surface area contributed by atoms with Gasteiger partial charge < -0.3 is 10.3 Å². The van der Waals surface area contributed by atoms with E-state index in [9.17, 15) is 0 Å². The van der Waals surface area contributed by atoms with Gasteiger partial charge in [0.15, 0.2) is 0 Å². The highest BCUT2D eigenvalue weighted by molar-refractivity contribution is 5.36. The normalized spacial score (nSPS) is 20.6. The summed E-state index contributed by atoms with van der Waals surface area (Å²) in [5.74, 6) is 1.16. The lowest BCUT2D eigenvalue weighted by Gasteiger charge is -2.40. The number of rotatable bonds is 5. The van der Waals surface area contributed by atoms with Crippen LogP contribution in [0.2, 0.25) is 0 Å². The zero-order valence-electron chi connectivity index (χ0n) is 11.7. The van der Waals surface area contributed by atoms with Crippen LogP contribution in [0.4, 0.5) is 0 Å². The van der Waals surface area contributed by atoms with Crippen molar-refractivity contribution in [2.24, 2.45) is 0 Å². The van der Waals surface area contributed by atoms with E-state index in [0.717, 1.165) is 18.4 Å². The van der Waals surface area contributed by atoms with E-state index in [4.69, 9.17) is 0 Å². The molecule has 2 saturated carbocycles. The van der Waals surface area contributed by atoms with E-state index in [1.807, 2.05) is 6.20 Å². The number of aromatic amines is 1. The summed E-state index contributed by atoms with van der Waals surface area (Å²) >= 11 is 0. The maximum Gasteiger partial charge on any atom is 0.116 e. The highest BCUT2D eigenvalue weighted by atomic mass is 15.0. The average Bonchev–Trinajstić information content (AvgIpc) is 3.15. The van der Waals surface area contributed by atoms with E-state index in [-0.39, 0.29) is 5.41 Å². The van der Waals surface area contributed by atoms with Crippen molar-refractivity contribution < 1.29 is 0 Å². The van der Waals surface area contributed by atoms with Crippen molar-refractivity contribution in [2.75, 3.05) is 0 Å². The average molecular weight is 267 g/mol. The van der Waals surface area contributed by atoms with Crippen LogP contribution < -0.4 is 5.32 Å². The minimum Gasteiger partial charge on any atom is -0.344 e. The Morgan fingerprint density at radius 2 is 2.00 bits per heavy atom. The molecule has 2 aromatic rings. The van der Waals surface area contributed by atoms with Gasteiger partial charge in [-0.25, -0.2) is 4.98 Å². The van der Waals surface area contributed by atoms with E-state index < -0.39 is 0 Å². The van der Waals surface area contributed by atoms with Crippen molar-refractivity contribution in [3.05, 3.63) is 53.6 Å². The monoisotopic (exact) mass is 267 g/mol. The molecule has 20 heavy (non-hydrogen) atoms. The summed E-state index contributed by atoms with van der Waals surface area (Å²) in [5.41, 5.74) is 2.76. The molecular formula is C17H21N3. The predicted octanol–water partition coefficient (Wildman–Crippen LogP) is 3.13. The first kappa shape index (κ1) is 12.2. The number of nitrogens with one attached hydrogen (secondary N) is 2. The van der Waals surface area contributed by atoms with Crippen LogP contribution in [0.25, 0.3) is 0 Å². The van der Waals surface area contributed by atoms with E-state index in [0.29, 0.717) is 0 Å². The molecule has 0 radical (unpaired) electrons. The molecule has 2 N–H and O–H groups in total. The molecule has 4 rings (SSSR count). The molecule has 2 aliphatic carbocycles.